The number of hydrogen-bond acceptors (Lipinski definition) is 2. The standard InChI is InChI=1S/C16H25NO2/c1-5-13(15(18)19)10-17-11-16(3,4)14-8-6-12(2)7-9-14/h6-9,13,17H,5,10-11H2,1-4H3,(H,18,19). The molecule has 0 amide bonds. The summed E-state index contributed by atoms with van der Waals surface area (Å²) in [5.74, 6) is -1.02. The van der Waals surface area contributed by atoms with E-state index in [2.05, 4.69) is 50.4 Å². The van der Waals surface area contributed by atoms with E-state index in [0.717, 1.165) is 6.54 Å². The minimum absolute atomic E-state index is 0.00446. The van der Waals surface area contributed by atoms with Crippen molar-refractivity contribution in [3.05, 3.63) is 35.4 Å². The summed E-state index contributed by atoms with van der Waals surface area (Å²) in [6.07, 6.45) is 0.660. The van der Waals surface area contributed by atoms with Gasteiger partial charge in [0, 0.05) is 18.5 Å². The normalized spacial score (nSPS) is 13.3. The van der Waals surface area contributed by atoms with Gasteiger partial charge >= 0.3 is 5.97 Å². The van der Waals surface area contributed by atoms with Gasteiger partial charge in [-0.3, -0.25) is 4.79 Å². The number of aryl methyl sites for hydroxylation is 1. The SMILES string of the molecule is CCC(CNCC(C)(C)c1ccc(C)cc1)C(=O)O. The first-order valence-electron chi connectivity index (χ1n) is 6.87. The number of carboxylic acid groups (broad SMARTS) is 1. The van der Waals surface area contributed by atoms with Crippen molar-refractivity contribution in [2.24, 2.45) is 5.92 Å². The largest absolute Gasteiger partial charge is 0.481 e. The van der Waals surface area contributed by atoms with Crippen LogP contribution in [0.1, 0.15) is 38.3 Å². The van der Waals surface area contributed by atoms with Gasteiger partial charge in [0.05, 0.1) is 5.92 Å². The molecule has 1 aromatic carbocycles. The van der Waals surface area contributed by atoms with E-state index in [0.29, 0.717) is 13.0 Å². The summed E-state index contributed by atoms with van der Waals surface area (Å²) in [5, 5.41) is 12.3. The van der Waals surface area contributed by atoms with Crippen LogP contribution in [0.4, 0.5) is 0 Å². The molecular formula is C16H25NO2. The Hall–Kier alpha value is -1.35. The quantitative estimate of drug-likeness (QED) is 0.795. The third-order valence-electron chi connectivity index (χ3n) is 3.63. The predicted octanol–water partition coefficient (Wildman–Crippen LogP) is 2.97. The van der Waals surface area contributed by atoms with Crippen molar-refractivity contribution in [3.63, 3.8) is 0 Å². The highest BCUT2D eigenvalue weighted by atomic mass is 16.4. The fourth-order valence-corrected chi connectivity index (χ4v) is 2.07. The smallest absolute Gasteiger partial charge is 0.307 e. The molecule has 0 radical (unpaired) electrons. The zero-order valence-electron chi connectivity index (χ0n) is 12.4. The Morgan fingerprint density at radius 2 is 1.89 bits per heavy atom. The molecule has 0 aliphatic carbocycles. The Morgan fingerprint density at radius 3 is 2.37 bits per heavy atom. The van der Waals surface area contributed by atoms with Crippen LogP contribution in [-0.2, 0) is 10.2 Å². The third kappa shape index (κ3) is 4.67. The second-order valence-electron chi connectivity index (χ2n) is 5.82. The second kappa shape index (κ2) is 6.71. The van der Waals surface area contributed by atoms with Crippen molar-refractivity contribution in [2.75, 3.05) is 13.1 Å². The van der Waals surface area contributed by atoms with Crippen LogP contribution in [0.15, 0.2) is 24.3 Å². The summed E-state index contributed by atoms with van der Waals surface area (Å²) < 4.78 is 0. The van der Waals surface area contributed by atoms with Gasteiger partial charge in [-0.05, 0) is 18.9 Å². The van der Waals surface area contributed by atoms with Crippen LogP contribution in [0.2, 0.25) is 0 Å². The first-order valence-corrected chi connectivity index (χ1v) is 6.87. The summed E-state index contributed by atoms with van der Waals surface area (Å²) in [7, 11) is 0. The lowest BCUT2D eigenvalue weighted by molar-refractivity contribution is -0.141. The van der Waals surface area contributed by atoms with Crippen molar-refractivity contribution >= 4 is 5.97 Å². The van der Waals surface area contributed by atoms with Crippen LogP contribution in [-0.4, -0.2) is 24.2 Å². The van der Waals surface area contributed by atoms with Crippen molar-refractivity contribution < 1.29 is 9.90 Å². The van der Waals surface area contributed by atoms with Gasteiger partial charge in [-0.2, -0.15) is 0 Å². The van der Waals surface area contributed by atoms with Crippen LogP contribution in [0.5, 0.6) is 0 Å². The van der Waals surface area contributed by atoms with Crippen molar-refractivity contribution in [1.29, 1.82) is 0 Å². The molecular weight excluding hydrogens is 238 g/mol. The van der Waals surface area contributed by atoms with E-state index in [4.69, 9.17) is 5.11 Å². The molecule has 0 aliphatic heterocycles. The summed E-state index contributed by atoms with van der Waals surface area (Å²) in [6, 6.07) is 8.52. The van der Waals surface area contributed by atoms with E-state index in [9.17, 15) is 4.79 Å². The maximum atomic E-state index is 11.0. The lowest BCUT2D eigenvalue weighted by Crippen LogP contribution is -2.37. The molecule has 19 heavy (non-hydrogen) atoms. The maximum Gasteiger partial charge on any atom is 0.307 e. The molecule has 0 spiro atoms. The molecule has 3 nitrogen and oxygen atoms in total. The van der Waals surface area contributed by atoms with Crippen molar-refractivity contribution in [2.45, 2.75) is 39.5 Å². The number of aliphatic carboxylic acids is 1. The lowest BCUT2D eigenvalue weighted by atomic mass is 9.84. The molecule has 1 unspecified atom stereocenters. The summed E-state index contributed by atoms with van der Waals surface area (Å²) >= 11 is 0. The average Bonchev–Trinajstić information content (AvgIpc) is 2.34. The number of nitrogens with one attached hydrogen (secondary N) is 1. The van der Waals surface area contributed by atoms with Gasteiger partial charge in [-0.1, -0.05) is 50.6 Å². The van der Waals surface area contributed by atoms with Crippen molar-refractivity contribution in [1.82, 2.24) is 5.32 Å². The van der Waals surface area contributed by atoms with E-state index in [1.807, 2.05) is 6.92 Å². The number of rotatable bonds is 7. The highest BCUT2D eigenvalue weighted by Crippen LogP contribution is 2.22. The zero-order valence-corrected chi connectivity index (χ0v) is 12.4. The average molecular weight is 263 g/mol. The summed E-state index contributed by atoms with van der Waals surface area (Å²) in [6.45, 7) is 9.64. The monoisotopic (exact) mass is 263 g/mol. The molecule has 0 bridgehead atoms. The third-order valence-corrected chi connectivity index (χ3v) is 3.63. The van der Waals surface area contributed by atoms with Gasteiger partial charge < -0.3 is 10.4 Å². The maximum absolute atomic E-state index is 11.0. The molecule has 2 N–H and O–H groups in total. The molecule has 0 heterocycles. The predicted molar refractivity (Wildman–Crippen MR) is 78.5 cm³/mol. The highest BCUT2D eigenvalue weighted by molar-refractivity contribution is 5.70. The van der Waals surface area contributed by atoms with Gasteiger partial charge in [0.15, 0.2) is 0 Å². The number of hydrogen-bond donors (Lipinski definition) is 2. The van der Waals surface area contributed by atoms with Gasteiger partial charge in [-0.15, -0.1) is 0 Å². The van der Waals surface area contributed by atoms with Crippen LogP contribution in [0.25, 0.3) is 0 Å². The van der Waals surface area contributed by atoms with Crippen molar-refractivity contribution in [3.8, 4) is 0 Å². The molecule has 0 saturated heterocycles. The molecule has 0 saturated carbocycles. The minimum atomic E-state index is -0.719. The lowest BCUT2D eigenvalue weighted by Gasteiger charge is -2.26. The Bertz CT molecular complexity index is 409. The molecule has 3 heteroatoms. The first-order chi connectivity index (χ1) is 8.86. The molecule has 0 fully saturated rings. The van der Waals surface area contributed by atoms with Crippen LogP contribution < -0.4 is 5.32 Å². The number of carbonyl (C=O) groups is 1. The number of benzene rings is 1. The fraction of sp³-hybridized carbons (Fsp3) is 0.562. The Balaban J connectivity index is 2.55. The second-order valence-corrected chi connectivity index (χ2v) is 5.82. The fourth-order valence-electron chi connectivity index (χ4n) is 2.07. The van der Waals surface area contributed by atoms with Crippen LogP contribution in [0.3, 0.4) is 0 Å². The van der Waals surface area contributed by atoms with E-state index < -0.39 is 5.97 Å². The summed E-state index contributed by atoms with van der Waals surface area (Å²) in [5.41, 5.74) is 2.53. The first kappa shape index (κ1) is 15.7. The van der Waals surface area contributed by atoms with Crippen LogP contribution >= 0.6 is 0 Å². The van der Waals surface area contributed by atoms with Gasteiger partial charge in [0.1, 0.15) is 0 Å². The van der Waals surface area contributed by atoms with E-state index in [-0.39, 0.29) is 11.3 Å². The minimum Gasteiger partial charge on any atom is -0.481 e. The van der Waals surface area contributed by atoms with Gasteiger partial charge in [0.25, 0.3) is 0 Å². The number of carboxylic acids is 1. The Kier molecular flexibility index (Phi) is 5.55. The molecule has 1 rings (SSSR count). The van der Waals surface area contributed by atoms with Crippen LogP contribution in [0, 0.1) is 12.8 Å². The molecule has 1 atom stereocenters. The zero-order chi connectivity index (χ0) is 14.5. The Morgan fingerprint density at radius 1 is 1.32 bits per heavy atom. The van der Waals surface area contributed by atoms with E-state index >= 15 is 0 Å². The molecule has 0 aliphatic rings. The van der Waals surface area contributed by atoms with Gasteiger partial charge in [0.2, 0.25) is 0 Å². The molecule has 106 valence electrons. The van der Waals surface area contributed by atoms with Gasteiger partial charge in [-0.25, -0.2) is 0 Å². The Labute approximate surface area is 116 Å². The highest BCUT2D eigenvalue weighted by Gasteiger charge is 2.21. The van der Waals surface area contributed by atoms with E-state index in [1.54, 1.807) is 0 Å². The molecule has 1 aromatic rings. The molecule has 0 aromatic heterocycles. The van der Waals surface area contributed by atoms with E-state index in [1.165, 1.54) is 11.1 Å². The summed E-state index contributed by atoms with van der Waals surface area (Å²) in [4.78, 5) is 11.0. The topological polar surface area (TPSA) is 49.3 Å².